The number of nitrogen functional groups attached to an aromatic ring is 1. The van der Waals surface area contributed by atoms with Crippen LogP contribution >= 0.6 is 0 Å². The van der Waals surface area contributed by atoms with E-state index in [9.17, 15) is 0 Å². The van der Waals surface area contributed by atoms with E-state index in [0.717, 1.165) is 13.1 Å². The van der Waals surface area contributed by atoms with Crippen molar-refractivity contribution in [1.29, 1.82) is 5.41 Å². The van der Waals surface area contributed by atoms with Crippen molar-refractivity contribution in [2.24, 2.45) is 17.6 Å². The van der Waals surface area contributed by atoms with E-state index in [2.05, 4.69) is 42.6 Å². The minimum Gasteiger partial charge on any atom is -0.382 e. The summed E-state index contributed by atoms with van der Waals surface area (Å²) >= 11 is 0. The molecule has 0 aliphatic rings. The smallest absolute Gasteiger partial charge is 0.225 e. The molecule has 0 spiro atoms. The Morgan fingerprint density at radius 1 is 1.28 bits per heavy atom. The zero-order chi connectivity index (χ0) is 13.7. The van der Waals surface area contributed by atoms with Crippen molar-refractivity contribution >= 4 is 11.8 Å². The highest BCUT2D eigenvalue weighted by Crippen LogP contribution is 2.12. The van der Waals surface area contributed by atoms with Gasteiger partial charge in [-0.2, -0.15) is 0 Å². The third-order valence-corrected chi connectivity index (χ3v) is 2.37. The molecule has 0 aliphatic carbocycles. The van der Waals surface area contributed by atoms with Crippen molar-refractivity contribution in [3.05, 3.63) is 18.0 Å². The minimum absolute atomic E-state index is 0.0207. The minimum atomic E-state index is -0.0207. The fourth-order valence-corrected chi connectivity index (χ4v) is 1.77. The second-order valence-corrected chi connectivity index (χ2v) is 5.35. The molecule has 18 heavy (non-hydrogen) atoms. The topological polar surface area (TPSA) is 78.9 Å². The Morgan fingerprint density at radius 2 is 1.83 bits per heavy atom. The van der Waals surface area contributed by atoms with Crippen LogP contribution < -0.4 is 10.6 Å². The standard InChI is InChI=1S/C13H23N5/c1-9(2)7-18(8-10(3)4)13-16-6-5-11(17-13)12(14)15/h5-6,9-10H,7-8H2,1-4H3,(H3,14,15). The molecule has 0 fully saturated rings. The van der Waals surface area contributed by atoms with Crippen molar-refractivity contribution in [2.75, 3.05) is 18.0 Å². The summed E-state index contributed by atoms with van der Waals surface area (Å²) in [5.74, 6) is 1.71. The van der Waals surface area contributed by atoms with Crippen LogP contribution in [-0.2, 0) is 0 Å². The van der Waals surface area contributed by atoms with E-state index in [0.29, 0.717) is 23.5 Å². The van der Waals surface area contributed by atoms with E-state index in [1.165, 1.54) is 0 Å². The Balaban J connectivity index is 2.96. The molecule has 0 saturated heterocycles. The van der Waals surface area contributed by atoms with Crippen LogP contribution in [0.3, 0.4) is 0 Å². The maximum absolute atomic E-state index is 7.43. The molecular weight excluding hydrogens is 226 g/mol. The number of nitrogens with one attached hydrogen (secondary N) is 1. The average Bonchev–Trinajstić information content (AvgIpc) is 2.27. The first kappa shape index (κ1) is 14.4. The Kier molecular flexibility index (Phi) is 5.07. The molecule has 1 rings (SSSR count). The Hall–Kier alpha value is -1.65. The molecule has 1 heterocycles. The molecule has 3 N–H and O–H groups in total. The van der Waals surface area contributed by atoms with Crippen LogP contribution in [0.25, 0.3) is 0 Å². The van der Waals surface area contributed by atoms with Crippen molar-refractivity contribution in [3.8, 4) is 0 Å². The zero-order valence-electron chi connectivity index (χ0n) is 11.6. The summed E-state index contributed by atoms with van der Waals surface area (Å²) < 4.78 is 0. The number of amidine groups is 1. The van der Waals surface area contributed by atoms with E-state index in [4.69, 9.17) is 11.1 Å². The van der Waals surface area contributed by atoms with E-state index in [1.54, 1.807) is 12.3 Å². The van der Waals surface area contributed by atoms with Crippen LogP contribution in [0.2, 0.25) is 0 Å². The first-order valence-corrected chi connectivity index (χ1v) is 6.32. The van der Waals surface area contributed by atoms with Crippen LogP contribution in [-0.4, -0.2) is 28.9 Å². The van der Waals surface area contributed by atoms with Gasteiger partial charge in [0.1, 0.15) is 11.5 Å². The van der Waals surface area contributed by atoms with Crippen molar-refractivity contribution in [2.45, 2.75) is 27.7 Å². The van der Waals surface area contributed by atoms with Gasteiger partial charge in [-0.25, -0.2) is 9.97 Å². The predicted molar refractivity (Wildman–Crippen MR) is 74.9 cm³/mol. The van der Waals surface area contributed by atoms with Gasteiger partial charge >= 0.3 is 0 Å². The maximum Gasteiger partial charge on any atom is 0.225 e. The molecule has 0 amide bonds. The van der Waals surface area contributed by atoms with Crippen molar-refractivity contribution in [1.82, 2.24) is 9.97 Å². The molecule has 0 saturated carbocycles. The zero-order valence-corrected chi connectivity index (χ0v) is 11.6. The van der Waals surface area contributed by atoms with Gasteiger partial charge in [-0.1, -0.05) is 27.7 Å². The summed E-state index contributed by atoms with van der Waals surface area (Å²) in [6.07, 6.45) is 1.66. The highest BCUT2D eigenvalue weighted by atomic mass is 15.2. The van der Waals surface area contributed by atoms with Gasteiger partial charge < -0.3 is 10.6 Å². The van der Waals surface area contributed by atoms with Gasteiger partial charge in [-0.3, -0.25) is 5.41 Å². The summed E-state index contributed by atoms with van der Waals surface area (Å²) in [5.41, 5.74) is 5.94. The lowest BCUT2D eigenvalue weighted by Gasteiger charge is -2.26. The number of hydrogen-bond acceptors (Lipinski definition) is 4. The lowest BCUT2D eigenvalue weighted by Crippen LogP contribution is -2.33. The molecule has 5 heteroatoms. The van der Waals surface area contributed by atoms with Crippen LogP contribution in [0.1, 0.15) is 33.4 Å². The van der Waals surface area contributed by atoms with Crippen LogP contribution in [0.5, 0.6) is 0 Å². The van der Waals surface area contributed by atoms with Crippen LogP contribution in [0, 0.1) is 17.2 Å². The Bertz CT molecular complexity index is 390. The Labute approximate surface area is 109 Å². The van der Waals surface area contributed by atoms with E-state index in [1.807, 2.05) is 0 Å². The van der Waals surface area contributed by atoms with E-state index in [-0.39, 0.29) is 5.84 Å². The summed E-state index contributed by atoms with van der Waals surface area (Å²) in [6, 6.07) is 1.66. The highest BCUT2D eigenvalue weighted by molar-refractivity contribution is 5.93. The summed E-state index contributed by atoms with van der Waals surface area (Å²) in [6.45, 7) is 10.5. The molecule has 1 aromatic rings. The molecule has 0 radical (unpaired) electrons. The molecule has 0 aromatic carbocycles. The number of nitrogens with zero attached hydrogens (tertiary/aromatic N) is 3. The molecule has 0 atom stereocenters. The number of hydrogen-bond donors (Lipinski definition) is 2. The monoisotopic (exact) mass is 249 g/mol. The van der Waals surface area contributed by atoms with Gasteiger partial charge in [-0.05, 0) is 17.9 Å². The number of nitrogens with two attached hydrogens (primary N) is 1. The SMILES string of the molecule is CC(C)CN(CC(C)C)c1nccc(C(=N)N)n1. The normalized spacial score (nSPS) is 11.0. The quantitative estimate of drug-likeness (QED) is 0.596. The van der Waals surface area contributed by atoms with Gasteiger partial charge in [0.2, 0.25) is 5.95 Å². The van der Waals surface area contributed by atoms with Gasteiger partial charge in [0.05, 0.1) is 0 Å². The van der Waals surface area contributed by atoms with E-state index >= 15 is 0 Å². The largest absolute Gasteiger partial charge is 0.382 e. The fourth-order valence-electron chi connectivity index (χ4n) is 1.77. The molecule has 100 valence electrons. The summed E-state index contributed by atoms with van der Waals surface area (Å²) in [5, 5.41) is 7.43. The summed E-state index contributed by atoms with van der Waals surface area (Å²) in [4.78, 5) is 10.8. The first-order chi connectivity index (χ1) is 8.40. The molecule has 0 aliphatic heterocycles. The number of rotatable bonds is 6. The van der Waals surface area contributed by atoms with Crippen molar-refractivity contribution < 1.29 is 0 Å². The molecule has 0 unspecified atom stereocenters. The second kappa shape index (κ2) is 6.33. The third-order valence-electron chi connectivity index (χ3n) is 2.37. The van der Waals surface area contributed by atoms with Crippen LogP contribution in [0.15, 0.2) is 12.3 Å². The van der Waals surface area contributed by atoms with Gasteiger partial charge in [-0.15, -0.1) is 0 Å². The average molecular weight is 249 g/mol. The predicted octanol–water partition coefficient (Wildman–Crippen LogP) is 1.88. The molecular formula is C13H23N5. The van der Waals surface area contributed by atoms with E-state index < -0.39 is 0 Å². The lowest BCUT2D eigenvalue weighted by molar-refractivity contribution is 0.544. The van der Waals surface area contributed by atoms with Gasteiger partial charge in [0.25, 0.3) is 0 Å². The maximum atomic E-state index is 7.43. The first-order valence-electron chi connectivity index (χ1n) is 6.32. The number of aromatic nitrogens is 2. The lowest BCUT2D eigenvalue weighted by atomic mass is 10.1. The van der Waals surface area contributed by atoms with Gasteiger partial charge in [0.15, 0.2) is 0 Å². The molecule has 1 aromatic heterocycles. The number of anilines is 1. The fraction of sp³-hybridized carbons (Fsp3) is 0.615. The summed E-state index contributed by atoms with van der Waals surface area (Å²) in [7, 11) is 0. The molecule has 5 nitrogen and oxygen atoms in total. The Morgan fingerprint density at radius 3 is 2.28 bits per heavy atom. The van der Waals surface area contributed by atoms with Crippen molar-refractivity contribution in [3.63, 3.8) is 0 Å². The second-order valence-electron chi connectivity index (χ2n) is 5.35. The molecule has 0 bridgehead atoms. The third kappa shape index (κ3) is 4.31. The highest BCUT2D eigenvalue weighted by Gasteiger charge is 2.14. The van der Waals surface area contributed by atoms with Crippen LogP contribution in [0.4, 0.5) is 5.95 Å². The van der Waals surface area contributed by atoms with Gasteiger partial charge in [0, 0.05) is 19.3 Å².